The molecule has 4 atom stereocenters. The minimum atomic E-state index is -1.71. The van der Waals surface area contributed by atoms with Gasteiger partial charge in [-0.1, -0.05) is 12.1 Å². The Morgan fingerprint density at radius 1 is 0.879 bits per heavy atom. The lowest BCUT2D eigenvalue weighted by Gasteiger charge is -2.23. The number of amides is 3. The van der Waals surface area contributed by atoms with Gasteiger partial charge >= 0.3 is 11.9 Å². The van der Waals surface area contributed by atoms with Crippen LogP contribution in [0.1, 0.15) is 12.0 Å². The van der Waals surface area contributed by atoms with E-state index in [1.54, 1.807) is 0 Å². The fourth-order valence-electron chi connectivity index (χ4n) is 2.55. The highest BCUT2D eigenvalue weighted by Gasteiger charge is 2.31. The van der Waals surface area contributed by atoms with Crippen LogP contribution in [0.25, 0.3) is 0 Å². The third-order valence-electron chi connectivity index (χ3n) is 4.35. The van der Waals surface area contributed by atoms with E-state index in [9.17, 15) is 39.3 Å². The average molecular weight is 487 g/mol. The molecule has 4 unspecified atom stereocenters. The lowest BCUT2D eigenvalue weighted by Crippen LogP contribution is -2.58. The predicted octanol–water partition coefficient (Wildman–Crippen LogP) is -2.80. The van der Waals surface area contributed by atoms with Crippen molar-refractivity contribution in [3.05, 3.63) is 29.8 Å². The molecule has 33 heavy (non-hydrogen) atoms. The standard InChI is InChI=1S/C19H26N4O9S/c20-11(8-33)16(28)23-14(7-24)18(30)21-12(6-15(26)27)17(29)22-13(19(31)32)5-9-1-3-10(25)4-2-9/h1-4,11-14,24-25,33H,5-8,20H2,(H,21,30)(H,22,29)(H,23,28)(H,26,27)(H,31,32). The van der Waals surface area contributed by atoms with Gasteiger partial charge in [0.1, 0.15) is 23.9 Å². The molecule has 0 aromatic heterocycles. The zero-order valence-corrected chi connectivity index (χ0v) is 18.2. The van der Waals surface area contributed by atoms with Crippen molar-refractivity contribution in [2.75, 3.05) is 12.4 Å². The number of benzene rings is 1. The summed E-state index contributed by atoms with van der Waals surface area (Å²) in [4.78, 5) is 59.6. The number of carboxylic acid groups (broad SMARTS) is 2. The molecule has 1 rings (SSSR count). The summed E-state index contributed by atoms with van der Waals surface area (Å²) in [6.07, 6.45) is -1.09. The molecule has 13 nitrogen and oxygen atoms in total. The number of carbonyl (C=O) groups is 5. The number of aromatic hydroxyl groups is 1. The van der Waals surface area contributed by atoms with E-state index in [4.69, 9.17) is 10.8 Å². The normalized spacial score (nSPS) is 14.3. The van der Waals surface area contributed by atoms with Crippen LogP contribution in [0.3, 0.4) is 0 Å². The summed E-state index contributed by atoms with van der Waals surface area (Å²) in [6, 6.07) is -0.267. The molecule has 1 aromatic rings. The summed E-state index contributed by atoms with van der Waals surface area (Å²) in [5.41, 5.74) is 5.94. The van der Waals surface area contributed by atoms with Gasteiger partial charge in [0, 0.05) is 12.2 Å². The van der Waals surface area contributed by atoms with E-state index in [0.717, 1.165) is 0 Å². The highest BCUT2D eigenvalue weighted by atomic mass is 32.1. The maximum absolute atomic E-state index is 12.6. The molecule has 0 saturated heterocycles. The van der Waals surface area contributed by atoms with Crippen molar-refractivity contribution in [2.24, 2.45) is 5.73 Å². The lowest BCUT2D eigenvalue weighted by molar-refractivity contribution is -0.143. The molecule has 0 saturated carbocycles. The van der Waals surface area contributed by atoms with Crippen LogP contribution < -0.4 is 21.7 Å². The second-order valence-corrected chi connectivity index (χ2v) is 7.33. The number of phenolic OH excluding ortho intramolecular Hbond substituents is 1. The topological polar surface area (TPSA) is 228 Å². The lowest BCUT2D eigenvalue weighted by atomic mass is 10.0. The van der Waals surface area contributed by atoms with Crippen LogP contribution in [-0.4, -0.2) is 86.6 Å². The average Bonchev–Trinajstić information content (AvgIpc) is 2.76. The summed E-state index contributed by atoms with van der Waals surface area (Å²) < 4.78 is 0. The smallest absolute Gasteiger partial charge is 0.326 e. The van der Waals surface area contributed by atoms with Crippen LogP contribution in [0.15, 0.2) is 24.3 Å². The molecular weight excluding hydrogens is 460 g/mol. The molecular formula is C19H26N4O9S. The van der Waals surface area contributed by atoms with Crippen molar-refractivity contribution in [2.45, 2.75) is 37.0 Å². The minimum absolute atomic E-state index is 0.0419. The Hall–Kier alpha value is -3.36. The second-order valence-electron chi connectivity index (χ2n) is 6.96. The number of aliphatic carboxylic acids is 2. The highest BCUT2D eigenvalue weighted by Crippen LogP contribution is 2.11. The monoisotopic (exact) mass is 486 g/mol. The van der Waals surface area contributed by atoms with Crippen LogP contribution in [0, 0.1) is 0 Å². The number of hydrogen-bond acceptors (Lipinski definition) is 9. The number of nitrogens with one attached hydrogen (secondary N) is 3. The van der Waals surface area contributed by atoms with Crippen molar-refractivity contribution < 1.29 is 44.4 Å². The van der Waals surface area contributed by atoms with Crippen molar-refractivity contribution in [3.63, 3.8) is 0 Å². The number of phenols is 1. The molecule has 0 spiro atoms. The van der Waals surface area contributed by atoms with E-state index in [1.165, 1.54) is 24.3 Å². The summed E-state index contributed by atoms with van der Waals surface area (Å²) in [6.45, 7) is -0.878. The fourth-order valence-corrected chi connectivity index (χ4v) is 2.72. The molecule has 0 heterocycles. The first-order valence-corrected chi connectivity index (χ1v) is 10.2. The van der Waals surface area contributed by atoms with Gasteiger partial charge in [-0.2, -0.15) is 12.6 Å². The van der Waals surface area contributed by atoms with Crippen LogP contribution in [-0.2, 0) is 30.4 Å². The summed E-state index contributed by atoms with van der Waals surface area (Å²) in [7, 11) is 0. The SMILES string of the molecule is NC(CS)C(=O)NC(CO)C(=O)NC(CC(=O)O)C(=O)NC(Cc1ccc(O)cc1)C(=O)O. The Morgan fingerprint density at radius 2 is 1.39 bits per heavy atom. The van der Waals surface area contributed by atoms with Gasteiger partial charge in [0.15, 0.2) is 0 Å². The van der Waals surface area contributed by atoms with Crippen molar-refractivity contribution in [1.29, 1.82) is 0 Å². The third-order valence-corrected chi connectivity index (χ3v) is 4.74. The Labute approximate surface area is 193 Å². The second kappa shape index (κ2) is 13.2. The van der Waals surface area contributed by atoms with Crippen molar-refractivity contribution in [3.8, 4) is 5.75 Å². The van der Waals surface area contributed by atoms with E-state index in [1.807, 2.05) is 0 Å². The number of aliphatic hydroxyl groups excluding tert-OH is 1. The van der Waals surface area contributed by atoms with E-state index < -0.39 is 66.9 Å². The number of rotatable bonds is 13. The third kappa shape index (κ3) is 9.34. The molecule has 0 fully saturated rings. The molecule has 0 aliphatic rings. The zero-order valence-electron chi connectivity index (χ0n) is 17.3. The van der Waals surface area contributed by atoms with Crippen molar-refractivity contribution >= 4 is 42.3 Å². The Kier molecular flexibility index (Phi) is 11.1. The number of hydrogen-bond donors (Lipinski definition) is 9. The maximum atomic E-state index is 12.6. The molecule has 1 aromatic carbocycles. The molecule has 0 aliphatic heterocycles. The van der Waals surface area contributed by atoms with E-state index in [-0.39, 0.29) is 17.9 Å². The quantitative estimate of drug-likeness (QED) is 0.130. The molecule has 182 valence electrons. The first-order chi connectivity index (χ1) is 15.5. The maximum Gasteiger partial charge on any atom is 0.326 e. The van der Waals surface area contributed by atoms with Gasteiger partial charge < -0.3 is 42.1 Å². The van der Waals surface area contributed by atoms with Crippen molar-refractivity contribution in [1.82, 2.24) is 16.0 Å². The van der Waals surface area contributed by atoms with Crippen LogP contribution in [0.4, 0.5) is 0 Å². The van der Waals surface area contributed by atoms with Crippen LogP contribution >= 0.6 is 12.6 Å². The number of aliphatic hydroxyl groups is 1. The fraction of sp³-hybridized carbons (Fsp3) is 0.421. The Bertz CT molecular complexity index is 865. The number of carboxylic acids is 2. The summed E-state index contributed by atoms with van der Waals surface area (Å²) >= 11 is 3.84. The molecule has 0 aliphatic carbocycles. The van der Waals surface area contributed by atoms with E-state index >= 15 is 0 Å². The predicted molar refractivity (Wildman–Crippen MR) is 116 cm³/mol. The first-order valence-electron chi connectivity index (χ1n) is 9.59. The Morgan fingerprint density at radius 3 is 1.88 bits per heavy atom. The molecule has 0 bridgehead atoms. The van der Waals surface area contributed by atoms with Crippen LogP contribution in [0.5, 0.6) is 5.75 Å². The van der Waals surface area contributed by atoms with Gasteiger partial charge in [-0.25, -0.2) is 4.79 Å². The zero-order chi connectivity index (χ0) is 25.1. The van der Waals surface area contributed by atoms with E-state index in [0.29, 0.717) is 5.56 Å². The molecule has 9 N–H and O–H groups in total. The number of nitrogens with two attached hydrogens (primary N) is 1. The van der Waals surface area contributed by atoms with Crippen LogP contribution in [0.2, 0.25) is 0 Å². The van der Waals surface area contributed by atoms with Gasteiger partial charge in [0.25, 0.3) is 0 Å². The van der Waals surface area contributed by atoms with E-state index in [2.05, 4.69) is 28.6 Å². The first kappa shape index (κ1) is 27.7. The molecule has 3 amide bonds. The number of carbonyl (C=O) groups excluding carboxylic acids is 3. The highest BCUT2D eigenvalue weighted by molar-refractivity contribution is 7.80. The largest absolute Gasteiger partial charge is 0.508 e. The number of thiol groups is 1. The summed E-state index contributed by atoms with van der Waals surface area (Å²) in [5, 5.41) is 43.6. The Balaban J connectivity index is 2.93. The van der Waals surface area contributed by atoms with Gasteiger partial charge in [0.05, 0.1) is 19.1 Å². The molecule has 14 heteroatoms. The minimum Gasteiger partial charge on any atom is -0.508 e. The summed E-state index contributed by atoms with van der Waals surface area (Å²) in [5.74, 6) is -5.97. The van der Waals surface area contributed by atoms with Gasteiger partial charge in [0.2, 0.25) is 17.7 Å². The molecule has 0 radical (unpaired) electrons. The van der Waals surface area contributed by atoms with Gasteiger partial charge in [-0.3, -0.25) is 19.2 Å². The van der Waals surface area contributed by atoms with Gasteiger partial charge in [-0.05, 0) is 17.7 Å². The van der Waals surface area contributed by atoms with Gasteiger partial charge in [-0.15, -0.1) is 0 Å².